The molecule has 0 spiro atoms. The number of fused-ring (bicyclic) bond motifs is 1. The lowest BCUT2D eigenvalue weighted by molar-refractivity contribution is 0.731. The number of hydrogen-bond donors (Lipinski definition) is 1. The van der Waals surface area contributed by atoms with E-state index in [4.69, 9.17) is 9.97 Å². The Balaban J connectivity index is 2.04. The first-order valence-corrected chi connectivity index (χ1v) is 8.04. The Labute approximate surface area is 129 Å². The van der Waals surface area contributed by atoms with Gasteiger partial charge in [-0.05, 0) is 38.1 Å². The van der Waals surface area contributed by atoms with Gasteiger partial charge in [-0.15, -0.1) is 11.3 Å². The quantitative estimate of drug-likeness (QED) is 0.788. The maximum atomic E-state index is 4.77. The van der Waals surface area contributed by atoms with Gasteiger partial charge in [-0.2, -0.15) is 0 Å². The van der Waals surface area contributed by atoms with Gasteiger partial charge < -0.3 is 5.32 Å². The van der Waals surface area contributed by atoms with Crippen molar-refractivity contribution in [2.24, 2.45) is 0 Å². The SMILES string of the molecule is CCNCc1sc(-c2cc(C)c3ccccc3n2)nc1C. The molecule has 2 aromatic heterocycles. The highest BCUT2D eigenvalue weighted by molar-refractivity contribution is 7.15. The highest BCUT2D eigenvalue weighted by Crippen LogP contribution is 2.29. The highest BCUT2D eigenvalue weighted by Gasteiger charge is 2.11. The Morgan fingerprint density at radius 1 is 1.14 bits per heavy atom. The van der Waals surface area contributed by atoms with Gasteiger partial charge in [0.2, 0.25) is 0 Å². The highest BCUT2D eigenvalue weighted by atomic mass is 32.1. The summed E-state index contributed by atoms with van der Waals surface area (Å²) in [5.74, 6) is 0. The molecule has 3 aromatic rings. The lowest BCUT2D eigenvalue weighted by Crippen LogP contribution is -2.11. The molecule has 3 nitrogen and oxygen atoms in total. The second-order valence-corrected chi connectivity index (χ2v) is 6.23. The van der Waals surface area contributed by atoms with Gasteiger partial charge in [0.1, 0.15) is 5.01 Å². The Morgan fingerprint density at radius 3 is 2.76 bits per heavy atom. The van der Waals surface area contributed by atoms with Crippen molar-refractivity contribution in [2.45, 2.75) is 27.3 Å². The molecule has 0 saturated carbocycles. The number of aryl methyl sites for hydroxylation is 2. The number of rotatable bonds is 4. The molecule has 21 heavy (non-hydrogen) atoms. The van der Waals surface area contributed by atoms with Gasteiger partial charge in [0.15, 0.2) is 0 Å². The molecule has 0 bridgehead atoms. The fourth-order valence-electron chi connectivity index (χ4n) is 2.40. The fraction of sp³-hybridized carbons (Fsp3) is 0.294. The molecule has 1 aromatic carbocycles. The third kappa shape index (κ3) is 2.82. The second kappa shape index (κ2) is 5.92. The van der Waals surface area contributed by atoms with Crippen LogP contribution in [0.15, 0.2) is 30.3 Å². The Morgan fingerprint density at radius 2 is 1.95 bits per heavy atom. The largest absolute Gasteiger partial charge is 0.312 e. The monoisotopic (exact) mass is 297 g/mol. The van der Waals surface area contributed by atoms with Gasteiger partial charge in [-0.1, -0.05) is 25.1 Å². The van der Waals surface area contributed by atoms with Gasteiger partial charge >= 0.3 is 0 Å². The Kier molecular flexibility index (Phi) is 3.99. The van der Waals surface area contributed by atoms with E-state index >= 15 is 0 Å². The first-order chi connectivity index (χ1) is 10.2. The van der Waals surface area contributed by atoms with Crippen LogP contribution in [0.1, 0.15) is 23.1 Å². The van der Waals surface area contributed by atoms with E-state index < -0.39 is 0 Å². The molecule has 0 aliphatic carbocycles. The van der Waals surface area contributed by atoms with E-state index in [-0.39, 0.29) is 0 Å². The molecule has 0 fully saturated rings. The summed E-state index contributed by atoms with van der Waals surface area (Å²) in [6, 6.07) is 10.4. The first-order valence-electron chi connectivity index (χ1n) is 7.23. The van der Waals surface area contributed by atoms with Crippen molar-refractivity contribution in [3.63, 3.8) is 0 Å². The molecule has 0 unspecified atom stereocenters. The third-order valence-corrected chi connectivity index (χ3v) is 4.75. The van der Waals surface area contributed by atoms with Crippen LogP contribution >= 0.6 is 11.3 Å². The zero-order valence-electron chi connectivity index (χ0n) is 12.6. The number of benzene rings is 1. The lowest BCUT2D eigenvalue weighted by atomic mass is 10.1. The maximum Gasteiger partial charge on any atom is 0.142 e. The average Bonchev–Trinajstić information content (AvgIpc) is 2.86. The van der Waals surface area contributed by atoms with Gasteiger partial charge in [-0.3, -0.25) is 0 Å². The van der Waals surface area contributed by atoms with Gasteiger partial charge in [0, 0.05) is 16.8 Å². The molecule has 3 rings (SSSR count). The molecule has 1 N–H and O–H groups in total. The predicted octanol–water partition coefficient (Wildman–Crippen LogP) is 4.08. The van der Waals surface area contributed by atoms with Crippen LogP contribution in [0.25, 0.3) is 21.6 Å². The van der Waals surface area contributed by atoms with Crippen molar-refractivity contribution < 1.29 is 0 Å². The van der Waals surface area contributed by atoms with Gasteiger partial charge in [-0.25, -0.2) is 9.97 Å². The van der Waals surface area contributed by atoms with Crippen LogP contribution in [0.3, 0.4) is 0 Å². The van der Waals surface area contributed by atoms with Crippen molar-refractivity contribution in [1.29, 1.82) is 0 Å². The van der Waals surface area contributed by atoms with Crippen LogP contribution in [0.5, 0.6) is 0 Å². The smallest absolute Gasteiger partial charge is 0.142 e. The summed E-state index contributed by atoms with van der Waals surface area (Å²) < 4.78 is 0. The molecule has 0 aliphatic heterocycles. The number of nitrogens with zero attached hydrogens (tertiary/aromatic N) is 2. The molecule has 0 aliphatic rings. The fourth-order valence-corrected chi connectivity index (χ4v) is 3.39. The van der Waals surface area contributed by atoms with Crippen LogP contribution in [-0.4, -0.2) is 16.5 Å². The van der Waals surface area contributed by atoms with E-state index in [1.165, 1.54) is 15.8 Å². The topological polar surface area (TPSA) is 37.8 Å². The van der Waals surface area contributed by atoms with Crippen LogP contribution in [0.2, 0.25) is 0 Å². The van der Waals surface area contributed by atoms with Crippen LogP contribution in [-0.2, 0) is 6.54 Å². The first kappa shape index (κ1) is 14.2. The van der Waals surface area contributed by atoms with Gasteiger partial charge in [0.05, 0.1) is 16.9 Å². The van der Waals surface area contributed by atoms with Crippen LogP contribution in [0.4, 0.5) is 0 Å². The van der Waals surface area contributed by atoms with Crippen molar-refractivity contribution in [1.82, 2.24) is 15.3 Å². The van der Waals surface area contributed by atoms with E-state index in [2.05, 4.69) is 50.4 Å². The third-order valence-electron chi connectivity index (χ3n) is 3.57. The number of hydrogen-bond acceptors (Lipinski definition) is 4. The molecular formula is C17H19N3S. The lowest BCUT2D eigenvalue weighted by Gasteiger charge is -2.04. The van der Waals surface area contributed by atoms with Crippen LogP contribution < -0.4 is 5.32 Å². The molecule has 4 heteroatoms. The van der Waals surface area contributed by atoms with Crippen molar-refractivity contribution in [3.8, 4) is 10.7 Å². The van der Waals surface area contributed by atoms with E-state index in [0.29, 0.717) is 0 Å². The minimum absolute atomic E-state index is 0.882. The zero-order valence-corrected chi connectivity index (χ0v) is 13.4. The minimum atomic E-state index is 0.882. The standard InChI is InChI=1S/C17H19N3S/c1-4-18-10-16-12(3)19-17(21-16)15-9-11(2)13-7-5-6-8-14(13)20-15/h5-9,18H,4,10H2,1-3H3. The maximum absolute atomic E-state index is 4.77. The number of pyridine rings is 1. The summed E-state index contributed by atoms with van der Waals surface area (Å²) in [7, 11) is 0. The van der Waals surface area contributed by atoms with E-state index in [0.717, 1.165) is 35.0 Å². The minimum Gasteiger partial charge on any atom is -0.312 e. The molecule has 0 saturated heterocycles. The number of thiazole rings is 1. The summed E-state index contributed by atoms with van der Waals surface area (Å²) in [6.45, 7) is 8.17. The summed E-state index contributed by atoms with van der Waals surface area (Å²) in [4.78, 5) is 10.8. The van der Waals surface area contributed by atoms with Crippen molar-refractivity contribution in [2.75, 3.05) is 6.54 Å². The second-order valence-electron chi connectivity index (χ2n) is 5.15. The molecule has 108 valence electrons. The normalized spacial score (nSPS) is 11.2. The predicted molar refractivity (Wildman–Crippen MR) is 89.7 cm³/mol. The molecule has 0 atom stereocenters. The van der Waals surface area contributed by atoms with Crippen LogP contribution in [0, 0.1) is 13.8 Å². The van der Waals surface area contributed by atoms with Crippen molar-refractivity contribution in [3.05, 3.63) is 46.5 Å². The molecule has 2 heterocycles. The van der Waals surface area contributed by atoms with Gasteiger partial charge in [0.25, 0.3) is 0 Å². The van der Waals surface area contributed by atoms with Crippen molar-refractivity contribution >= 4 is 22.2 Å². The summed E-state index contributed by atoms with van der Waals surface area (Å²) >= 11 is 1.73. The summed E-state index contributed by atoms with van der Waals surface area (Å²) in [5.41, 5.74) is 4.36. The zero-order chi connectivity index (χ0) is 14.8. The summed E-state index contributed by atoms with van der Waals surface area (Å²) in [5, 5.41) is 5.58. The van der Waals surface area contributed by atoms with E-state index in [9.17, 15) is 0 Å². The Hall–Kier alpha value is -1.78. The summed E-state index contributed by atoms with van der Waals surface area (Å²) in [6.07, 6.45) is 0. The number of nitrogens with one attached hydrogen (secondary N) is 1. The molecular weight excluding hydrogens is 278 g/mol. The molecule has 0 radical (unpaired) electrons. The number of aromatic nitrogens is 2. The van der Waals surface area contributed by atoms with E-state index in [1.54, 1.807) is 11.3 Å². The average molecular weight is 297 g/mol. The Bertz CT molecular complexity index is 777. The van der Waals surface area contributed by atoms with E-state index in [1.807, 2.05) is 6.07 Å². The number of para-hydroxylation sites is 1. The molecule has 0 amide bonds.